The monoisotopic (exact) mass is 259 g/mol. The molecule has 0 aromatic carbocycles. The summed E-state index contributed by atoms with van der Waals surface area (Å²) in [5, 5.41) is 9.65. The van der Waals surface area contributed by atoms with Crippen molar-refractivity contribution in [1.29, 1.82) is 0 Å². The first-order valence-electron chi connectivity index (χ1n) is 5.40. The van der Waals surface area contributed by atoms with Gasteiger partial charge in [-0.1, -0.05) is 6.92 Å². The fraction of sp³-hybridized carbons (Fsp3) is 0.545. The first kappa shape index (κ1) is 13.8. The van der Waals surface area contributed by atoms with Gasteiger partial charge in [-0.05, 0) is 20.8 Å². The van der Waals surface area contributed by atoms with E-state index in [9.17, 15) is 18.3 Å². The number of hydrogen-bond acceptors (Lipinski definition) is 4. The van der Waals surface area contributed by atoms with Crippen molar-refractivity contribution in [3.63, 3.8) is 0 Å². The van der Waals surface area contributed by atoms with Gasteiger partial charge in [-0.15, -0.1) is 0 Å². The molecule has 0 amide bonds. The molecular weight excluding hydrogens is 242 g/mol. The van der Waals surface area contributed by atoms with Crippen LogP contribution in [-0.2, 0) is 9.84 Å². The van der Waals surface area contributed by atoms with E-state index < -0.39 is 26.0 Å². The number of hydrogen-bond donors (Lipinski definition) is 1. The Labute approximate surface area is 101 Å². The highest BCUT2D eigenvalue weighted by molar-refractivity contribution is 7.91. The van der Waals surface area contributed by atoms with Crippen LogP contribution in [0.5, 0.6) is 5.75 Å². The third-order valence-corrected chi connectivity index (χ3v) is 4.34. The van der Waals surface area contributed by atoms with E-state index in [1.807, 2.05) is 0 Å². The van der Waals surface area contributed by atoms with E-state index >= 15 is 0 Å². The fourth-order valence-electron chi connectivity index (χ4n) is 1.79. The van der Waals surface area contributed by atoms with E-state index in [1.54, 1.807) is 20.8 Å². The van der Waals surface area contributed by atoms with Gasteiger partial charge in [0.15, 0.2) is 14.7 Å². The summed E-state index contributed by atoms with van der Waals surface area (Å²) in [6, 6.07) is 1.15. The SMILES string of the molecule is CCS(=O)(=O)c1c(O)cc(C)n(C(C)C)c1=O. The molecule has 0 fully saturated rings. The lowest BCUT2D eigenvalue weighted by Crippen LogP contribution is -2.29. The normalized spacial score (nSPS) is 12.1. The zero-order valence-corrected chi connectivity index (χ0v) is 11.2. The first-order chi connectivity index (χ1) is 7.72. The van der Waals surface area contributed by atoms with Gasteiger partial charge in [0.25, 0.3) is 5.56 Å². The summed E-state index contributed by atoms with van der Waals surface area (Å²) in [6.07, 6.45) is 0. The van der Waals surface area contributed by atoms with Crippen LogP contribution in [0.25, 0.3) is 0 Å². The maximum absolute atomic E-state index is 12.1. The Balaban J connectivity index is 3.77. The van der Waals surface area contributed by atoms with E-state index in [2.05, 4.69) is 0 Å². The van der Waals surface area contributed by atoms with Crippen LogP contribution < -0.4 is 5.56 Å². The second-order valence-corrected chi connectivity index (χ2v) is 6.39. The Hall–Kier alpha value is -1.30. The molecule has 6 heteroatoms. The summed E-state index contributed by atoms with van der Waals surface area (Å²) in [5.74, 6) is -0.678. The topological polar surface area (TPSA) is 76.4 Å². The third-order valence-electron chi connectivity index (χ3n) is 2.58. The van der Waals surface area contributed by atoms with Crippen LogP contribution in [0.15, 0.2) is 15.8 Å². The van der Waals surface area contributed by atoms with Gasteiger partial charge in [0.1, 0.15) is 5.75 Å². The van der Waals surface area contributed by atoms with Crippen LogP contribution in [0.2, 0.25) is 0 Å². The van der Waals surface area contributed by atoms with Gasteiger partial charge >= 0.3 is 0 Å². The van der Waals surface area contributed by atoms with Crippen LogP contribution in [0.4, 0.5) is 0 Å². The Morgan fingerprint density at radius 3 is 2.35 bits per heavy atom. The number of nitrogens with zero attached hydrogens (tertiary/aromatic N) is 1. The minimum atomic E-state index is -3.72. The standard InChI is InChI=1S/C11H17NO4S/c1-5-17(15,16)10-9(13)6-8(4)12(7(2)3)11(10)14/h6-7,13H,5H2,1-4H3. The molecule has 0 unspecified atom stereocenters. The van der Waals surface area contributed by atoms with Crippen LogP contribution in [-0.4, -0.2) is 23.8 Å². The Morgan fingerprint density at radius 2 is 1.94 bits per heavy atom. The molecule has 1 aromatic heterocycles. The van der Waals surface area contributed by atoms with Gasteiger partial charge in [-0.2, -0.15) is 0 Å². The van der Waals surface area contributed by atoms with Crippen molar-refractivity contribution in [3.8, 4) is 5.75 Å². The number of sulfone groups is 1. The predicted molar refractivity (Wildman–Crippen MR) is 65.2 cm³/mol. The van der Waals surface area contributed by atoms with Gasteiger partial charge in [0, 0.05) is 17.8 Å². The average Bonchev–Trinajstić information content (AvgIpc) is 2.15. The molecule has 0 atom stereocenters. The fourth-order valence-corrected chi connectivity index (χ4v) is 2.82. The molecule has 0 radical (unpaired) electrons. The first-order valence-corrected chi connectivity index (χ1v) is 7.05. The summed E-state index contributed by atoms with van der Waals surface area (Å²) in [4.78, 5) is 11.6. The number of pyridine rings is 1. The molecule has 1 N–H and O–H groups in total. The number of aryl methyl sites for hydroxylation is 1. The molecule has 17 heavy (non-hydrogen) atoms. The Kier molecular flexibility index (Phi) is 3.66. The molecule has 0 saturated carbocycles. The number of rotatable bonds is 3. The summed E-state index contributed by atoms with van der Waals surface area (Å²) in [5.41, 5.74) is -0.114. The third kappa shape index (κ3) is 2.36. The lowest BCUT2D eigenvalue weighted by molar-refractivity contribution is 0.443. The minimum Gasteiger partial charge on any atom is -0.506 e. The molecule has 0 spiro atoms. The molecule has 0 saturated heterocycles. The number of aromatic nitrogens is 1. The van der Waals surface area contributed by atoms with Gasteiger partial charge in [-0.25, -0.2) is 8.42 Å². The lowest BCUT2D eigenvalue weighted by Gasteiger charge is -2.16. The second kappa shape index (κ2) is 4.52. The van der Waals surface area contributed by atoms with E-state index in [0.29, 0.717) is 5.69 Å². The molecular formula is C11H17NO4S. The van der Waals surface area contributed by atoms with E-state index in [4.69, 9.17) is 0 Å². The van der Waals surface area contributed by atoms with E-state index in [0.717, 1.165) is 0 Å². The molecule has 0 bridgehead atoms. The highest BCUT2D eigenvalue weighted by Crippen LogP contribution is 2.22. The van der Waals surface area contributed by atoms with Crippen LogP contribution in [0.3, 0.4) is 0 Å². The maximum atomic E-state index is 12.1. The van der Waals surface area contributed by atoms with Crippen molar-refractivity contribution in [2.24, 2.45) is 0 Å². The Bertz CT molecular complexity index is 584. The zero-order chi connectivity index (χ0) is 13.4. The van der Waals surface area contributed by atoms with Gasteiger partial charge in [0.05, 0.1) is 5.75 Å². The zero-order valence-electron chi connectivity index (χ0n) is 10.4. The summed E-state index contributed by atoms with van der Waals surface area (Å²) in [6.45, 7) is 6.67. The largest absolute Gasteiger partial charge is 0.506 e. The highest BCUT2D eigenvalue weighted by atomic mass is 32.2. The molecule has 1 aromatic rings. The summed E-state index contributed by atoms with van der Waals surface area (Å²) >= 11 is 0. The van der Waals surface area contributed by atoms with Gasteiger partial charge in [0.2, 0.25) is 0 Å². The van der Waals surface area contributed by atoms with E-state index in [1.165, 1.54) is 17.6 Å². The molecule has 1 rings (SSSR count). The quantitative estimate of drug-likeness (QED) is 0.886. The van der Waals surface area contributed by atoms with Gasteiger partial charge in [-0.3, -0.25) is 4.79 Å². The smallest absolute Gasteiger partial charge is 0.273 e. The average molecular weight is 259 g/mol. The van der Waals surface area contributed by atoms with Crippen molar-refractivity contribution >= 4 is 9.84 Å². The van der Waals surface area contributed by atoms with E-state index in [-0.39, 0.29) is 11.8 Å². The van der Waals surface area contributed by atoms with Crippen LogP contribution in [0, 0.1) is 6.92 Å². The second-order valence-electron chi connectivity index (χ2n) is 4.17. The number of aromatic hydroxyl groups is 1. The predicted octanol–water partition coefficient (Wildman–Crippen LogP) is 1.24. The lowest BCUT2D eigenvalue weighted by atomic mass is 10.3. The molecule has 0 aliphatic carbocycles. The highest BCUT2D eigenvalue weighted by Gasteiger charge is 2.24. The van der Waals surface area contributed by atoms with Crippen LogP contribution in [0.1, 0.15) is 32.5 Å². The molecule has 96 valence electrons. The van der Waals surface area contributed by atoms with Crippen molar-refractivity contribution in [2.75, 3.05) is 5.75 Å². The molecule has 0 aliphatic heterocycles. The van der Waals surface area contributed by atoms with Crippen molar-refractivity contribution in [2.45, 2.75) is 38.6 Å². The summed E-state index contributed by atoms with van der Waals surface area (Å²) < 4.78 is 24.9. The molecule has 1 heterocycles. The summed E-state index contributed by atoms with van der Waals surface area (Å²) in [7, 11) is -3.72. The Morgan fingerprint density at radius 1 is 1.41 bits per heavy atom. The minimum absolute atomic E-state index is 0.158. The van der Waals surface area contributed by atoms with Crippen LogP contribution >= 0.6 is 0 Å². The molecule has 5 nitrogen and oxygen atoms in total. The van der Waals surface area contributed by atoms with Gasteiger partial charge < -0.3 is 9.67 Å². The molecule has 0 aliphatic rings. The van der Waals surface area contributed by atoms with Crippen molar-refractivity contribution in [3.05, 3.63) is 22.1 Å². The van der Waals surface area contributed by atoms with Crippen molar-refractivity contribution < 1.29 is 13.5 Å². The van der Waals surface area contributed by atoms with Crippen molar-refractivity contribution in [1.82, 2.24) is 4.57 Å². The maximum Gasteiger partial charge on any atom is 0.273 e.